The molecule has 0 aliphatic carbocycles. The molecule has 6 rings (SSSR count). The third-order valence-corrected chi connectivity index (χ3v) is 10.9. The zero-order valence-corrected chi connectivity index (χ0v) is 36.3. The summed E-state index contributed by atoms with van der Waals surface area (Å²) in [5, 5.41) is 6.68. The fourth-order valence-electron chi connectivity index (χ4n) is 6.42. The van der Waals surface area contributed by atoms with Crippen LogP contribution in [-0.4, -0.2) is 58.1 Å². The highest BCUT2D eigenvalue weighted by atomic mass is 32.1. The molecule has 0 spiro atoms. The Labute approximate surface area is 355 Å². The summed E-state index contributed by atoms with van der Waals surface area (Å²) in [4.78, 5) is 52.9. The molecule has 0 radical (unpaired) electrons. The van der Waals surface area contributed by atoms with Gasteiger partial charge in [0.1, 0.15) is 17.3 Å². The second-order valence-corrected chi connectivity index (χ2v) is 17.3. The average molecular weight is 837 g/mol. The molecule has 7 N–H and O–H groups in total. The summed E-state index contributed by atoms with van der Waals surface area (Å²) < 4.78 is 5.26. The average Bonchev–Trinajstić information content (AvgIpc) is 3.75. The van der Waals surface area contributed by atoms with E-state index in [4.69, 9.17) is 21.9 Å². The van der Waals surface area contributed by atoms with E-state index < -0.39 is 11.7 Å². The van der Waals surface area contributed by atoms with Gasteiger partial charge < -0.3 is 37.1 Å². The van der Waals surface area contributed by atoms with Gasteiger partial charge in [0.2, 0.25) is 0 Å². The van der Waals surface area contributed by atoms with Crippen LogP contribution in [-0.2, 0) is 40.5 Å². The quantitative estimate of drug-likeness (QED) is 0.104. The Kier molecular flexibility index (Phi) is 15.8. The van der Waals surface area contributed by atoms with Crippen LogP contribution in [0.25, 0.3) is 12.2 Å². The van der Waals surface area contributed by atoms with E-state index >= 15 is 0 Å². The standard InChI is InChI=1S/C25H32N4O3S.C20H24N4OS/c1-5-11-29(23(30)19-13-21-20(10-12-33-21)28-22(26)14-19)16-18-8-6-17(7-9-18)15-27-24(31)32-25(2,3)4;1-2-8-24(13-15-5-3-14(12-21)4-6-15)20(25)16-10-18-17(7-9-26-18)23-19(22)11-16/h6-10,12-13H,5,11,14-16H2,1-4H3,(H2,26,28)(H,27,31);3-7,9-10H,2,8,11-13,21H2,1H3,(H2,22,23). The molecule has 4 aromatic rings. The van der Waals surface area contributed by atoms with Crippen molar-refractivity contribution in [3.8, 4) is 0 Å². The zero-order chi connectivity index (χ0) is 42.5. The number of thiophene rings is 2. The highest BCUT2D eigenvalue weighted by Crippen LogP contribution is 2.33. The molecular formula is C45H56N8O4S2. The number of nitrogens with one attached hydrogen (secondary N) is 1. The summed E-state index contributed by atoms with van der Waals surface area (Å²) in [5.41, 5.74) is 24.4. The molecule has 0 unspecified atom stereocenters. The van der Waals surface area contributed by atoms with E-state index in [0.29, 0.717) is 74.9 Å². The molecular weight excluding hydrogens is 781 g/mol. The van der Waals surface area contributed by atoms with Crippen molar-refractivity contribution in [1.29, 1.82) is 0 Å². The number of fused-ring (bicyclic) bond motifs is 2. The number of carbonyl (C=O) groups is 3. The van der Waals surface area contributed by atoms with Crippen molar-refractivity contribution in [2.24, 2.45) is 27.2 Å². The van der Waals surface area contributed by atoms with Gasteiger partial charge in [-0.2, -0.15) is 0 Å². The monoisotopic (exact) mass is 836 g/mol. The topological polar surface area (TPSA) is 182 Å². The lowest BCUT2D eigenvalue weighted by atomic mass is 10.1. The lowest BCUT2D eigenvalue weighted by molar-refractivity contribution is -0.128. The maximum Gasteiger partial charge on any atom is 0.407 e. The van der Waals surface area contributed by atoms with Crippen LogP contribution in [0.1, 0.15) is 92.3 Å². The van der Waals surface area contributed by atoms with Gasteiger partial charge in [-0.05, 0) is 90.9 Å². The minimum Gasteiger partial charge on any atom is -0.444 e. The molecule has 0 saturated heterocycles. The summed E-state index contributed by atoms with van der Waals surface area (Å²) in [5.74, 6) is 0.927. The second-order valence-electron chi connectivity index (χ2n) is 15.4. The van der Waals surface area contributed by atoms with Gasteiger partial charge in [0.15, 0.2) is 0 Å². The maximum absolute atomic E-state index is 13.4. The fraction of sp³-hybridized carbons (Fsp3) is 0.356. The molecule has 4 heterocycles. The number of amides is 3. The third kappa shape index (κ3) is 13.2. The van der Waals surface area contributed by atoms with Gasteiger partial charge in [-0.1, -0.05) is 62.4 Å². The highest BCUT2D eigenvalue weighted by molar-refractivity contribution is 7.11. The third-order valence-electron chi connectivity index (χ3n) is 9.20. The summed E-state index contributed by atoms with van der Waals surface area (Å²) in [6, 6.07) is 19.8. The number of carbonyl (C=O) groups excluding carboxylic acids is 3. The molecule has 0 atom stereocenters. The molecule has 0 bridgehead atoms. The van der Waals surface area contributed by atoms with Crippen molar-refractivity contribution in [3.05, 3.63) is 115 Å². The molecule has 312 valence electrons. The Morgan fingerprint density at radius 3 is 1.53 bits per heavy atom. The summed E-state index contributed by atoms with van der Waals surface area (Å²) in [6.07, 6.45) is 5.88. The van der Waals surface area contributed by atoms with Crippen LogP contribution in [0.4, 0.5) is 16.2 Å². The molecule has 2 aromatic heterocycles. The Morgan fingerprint density at radius 1 is 0.695 bits per heavy atom. The molecule has 2 aliphatic rings. The van der Waals surface area contributed by atoms with E-state index in [1.807, 2.05) is 114 Å². The number of amidine groups is 2. The van der Waals surface area contributed by atoms with Crippen LogP contribution in [0.2, 0.25) is 0 Å². The van der Waals surface area contributed by atoms with Crippen molar-refractivity contribution in [2.45, 2.75) is 92.1 Å². The number of alkyl carbamates (subject to hydrolysis) is 1. The minimum atomic E-state index is -0.530. The summed E-state index contributed by atoms with van der Waals surface area (Å²) >= 11 is 3.13. The molecule has 59 heavy (non-hydrogen) atoms. The van der Waals surface area contributed by atoms with Gasteiger partial charge in [-0.25, -0.2) is 14.8 Å². The SMILES string of the molecule is CCCN(Cc1ccc(CN)cc1)C(=O)C1=Cc2sccc2N=C(N)C1.CCCN(Cc1ccc(CNC(=O)OC(C)(C)C)cc1)C(=O)C1=Cc2sccc2N=C(N)C1. The first-order chi connectivity index (χ1) is 28.2. The maximum atomic E-state index is 13.4. The van der Waals surface area contributed by atoms with Gasteiger partial charge >= 0.3 is 6.09 Å². The van der Waals surface area contributed by atoms with E-state index in [9.17, 15) is 14.4 Å². The predicted octanol–water partition coefficient (Wildman–Crippen LogP) is 8.41. The smallest absolute Gasteiger partial charge is 0.407 e. The number of nitrogens with two attached hydrogens (primary N) is 3. The van der Waals surface area contributed by atoms with Gasteiger partial charge in [-0.15, -0.1) is 22.7 Å². The summed E-state index contributed by atoms with van der Waals surface area (Å²) in [7, 11) is 0. The van der Waals surface area contributed by atoms with Crippen LogP contribution in [0.3, 0.4) is 0 Å². The van der Waals surface area contributed by atoms with Crippen LogP contribution in [0.15, 0.2) is 92.6 Å². The summed E-state index contributed by atoms with van der Waals surface area (Å²) in [6.45, 7) is 12.9. The van der Waals surface area contributed by atoms with E-state index in [2.05, 4.69) is 29.1 Å². The van der Waals surface area contributed by atoms with E-state index in [1.165, 1.54) is 0 Å². The number of aliphatic imine (C=N–C) groups is 2. The highest BCUT2D eigenvalue weighted by Gasteiger charge is 2.24. The normalized spacial score (nSPS) is 13.4. The number of nitrogens with zero attached hydrogens (tertiary/aromatic N) is 4. The lowest BCUT2D eigenvalue weighted by Gasteiger charge is -2.24. The van der Waals surface area contributed by atoms with E-state index in [-0.39, 0.29) is 11.8 Å². The zero-order valence-electron chi connectivity index (χ0n) is 34.6. The van der Waals surface area contributed by atoms with Crippen molar-refractivity contribution in [2.75, 3.05) is 13.1 Å². The molecule has 0 fully saturated rings. The van der Waals surface area contributed by atoms with Crippen LogP contribution < -0.4 is 22.5 Å². The first-order valence-electron chi connectivity index (χ1n) is 19.9. The number of hydrogen-bond donors (Lipinski definition) is 4. The van der Waals surface area contributed by atoms with Crippen molar-refractivity contribution < 1.29 is 19.1 Å². The van der Waals surface area contributed by atoms with Crippen molar-refractivity contribution in [1.82, 2.24) is 15.1 Å². The Hall–Kier alpha value is -5.57. The largest absolute Gasteiger partial charge is 0.444 e. The molecule has 2 aliphatic heterocycles. The Bertz CT molecular complexity index is 2190. The number of benzene rings is 2. The van der Waals surface area contributed by atoms with Crippen LogP contribution in [0, 0.1) is 0 Å². The first-order valence-corrected chi connectivity index (χ1v) is 21.6. The molecule has 12 nitrogen and oxygen atoms in total. The van der Waals surface area contributed by atoms with Crippen LogP contribution in [0.5, 0.6) is 0 Å². The number of rotatable bonds is 13. The molecule has 3 amide bonds. The van der Waals surface area contributed by atoms with E-state index in [1.54, 1.807) is 22.7 Å². The van der Waals surface area contributed by atoms with Gasteiger partial charge in [0.25, 0.3) is 11.8 Å². The van der Waals surface area contributed by atoms with Gasteiger partial charge in [0.05, 0.1) is 21.1 Å². The van der Waals surface area contributed by atoms with Gasteiger partial charge in [0, 0.05) is 63.3 Å². The Morgan fingerprint density at radius 2 is 1.12 bits per heavy atom. The first kappa shape index (κ1) is 44.5. The molecule has 0 saturated carbocycles. The number of ether oxygens (including phenoxy) is 1. The van der Waals surface area contributed by atoms with Crippen molar-refractivity contribution in [3.63, 3.8) is 0 Å². The predicted molar refractivity (Wildman–Crippen MR) is 242 cm³/mol. The van der Waals surface area contributed by atoms with Gasteiger partial charge in [-0.3, -0.25) is 9.59 Å². The molecule has 2 aromatic carbocycles. The lowest BCUT2D eigenvalue weighted by Crippen LogP contribution is -2.33. The molecule has 14 heteroatoms. The van der Waals surface area contributed by atoms with Crippen molar-refractivity contribution >= 4 is 75.8 Å². The fourth-order valence-corrected chi connectivity index (χ4v) is 8.00. The van der Waals surface area contributed by atoms with Crippen LogP contribution >= 0.6 is 22.7 Å². The second kappa shape index (κ2) is 20.9. The van der Waals surface area contributed by atoms with E-state index in [0.717, 1.165) is 56.2 Å². The minimum absolute atomic E-state index is 0.0214. The Balaban J connectivity index is 0.000000230. The number of hydrogen-bond acceptors (Lipinski definition) is 11.